The summed E-state index contributed by atoms with van der Waals surface area (Å²) in [6.07, 6.45) is -2.62. The standard InChI is InChI=1S/C10H6I3N3O6/c11-3-1(7(17)21-9(15)19)4(12)6(14)5(13)2(3)8(18)22-10(16)20/h14H2,(H2,15,19)(H2,16,20). The van der Waals surface area contributed by atoms with E-state index in [1.807, 2.05) is 0 Å². The lowest BCUT2D eigenvalue weighted by molar-refractivity contribution is 0.0633. The molecule has 1 rings (SSSR count). The third-order valence-electron chi connectivity index (χ3n) is 2.15. The number of hydrogen-bond donors (Lipinski definition) is 3. The molecule has 1 aromatic rings. The molecule has 0 heterocycles. The zero-order valence-electron chi connectivity index (χ0n) is 10.3. The molecule has 0 aromatic heterocycles. The number of carbonyl (C=O) groups is 4. The highest BCUT2D eigenvalue weighted by atomic mass is 127. The molecule has 12 heteroatoms. The molecule has 1 aromatic carbocycles. The summed E-state index contributed by atoms with van der Waals surface area (Å²) in [6, 6.07) is 0. The number of nitrogens with two attached hydrogens (primary N) is 3. The minimum atomic E-state index is -1.31. The summed E-state index contributed by atoms with van der Waals surface area (Å²) in [5.41, 5.74) is 15.2. The first-order valence-electron chi connectivity index (χ1n) is 5.07. The van der Waals surface area contributed by atoms with Crippen molar-refractivity contribution in [2.45, 2.75) is 0 Å². The summed E-state index contributed by atoms with van der Waals surface area (Å²) in [7, 11) is 0. The molecular weight excluding hydrogens is 639 g/mol. The normalized spacial score (nSPS) is 9.95. The molecule has 0 bridgehead atoms. The van der Waals surface area contributed by atoms with Gasteiger partial charge in [0.15, 0.2) is 0 Å². The maximum absolute atomic E-state index is 11.9. The largest absolute Gasteiger partial charge is 0.412 e. The molecule has 0 aliphatic rings. The maximum Gasteiger partial charge on any atom is 0.412 e. The van der Waals surface area contributed by atoms with Gasteiger partial charge < -0.3 is 26.7 Å². The van der Waals surface area contributed by atoms with Crippen LogP contribution in [0.5, 0.6) is 0 Å². The van der Waals surface area contributed by atoms with Gasteiger partial charge in [-0.1, -0.05) is 0 Å². The van der Waals surface area contributed by atoms with E-state index >= 15 is 0 Å². The summed E-state index contributed by atoms with van der Waals surface area (Å²) in [5, 5.41) is 0. The monoisotopic (exact) mass is 645 g/mol. The Balaban J connectivity index is 3.57. The van der Waals surface area contributed by atoms with Gasteiger partial charge in [-0.15, -0.1) is 0 Å². The quantitative estimate of drug-likeness (QED) is 0.190. The van der Waals surface area contributed by atoms with Crippen LogP contribution < -0.4 is 17.2 Å². The van der Waals surface area contributed by atoms with E-state index in [9.17, 15) is 19.2 Å². The van der Waals surface area contributed by atoms with Gasteiger partial charge in [0.25, 0.3) is 0 Å². The zero-order valence-corrected chi connectivity index (χ0v) is 16.8. The molecule has 0 aliphatic carbocycles. The summed E-state index contributed by atoms with van der Waals surface area (Å²) in [6.45, 7) is 0. The number of benzene rings is 1. The molecule has 118 valence electrons. The van der Waals surface area contributed by atoms with Gasteiger partial charge in [0, 0.05) is 3.57 Å². The van der Waals surface area contributed by atoms with E-state index in [1.165, 1.54) is 0 Å². The van der Waals surface area contributed by atoms with Crippen LogP contribution in [0.2, 0.25) is 0 Å². The first-order valence-corrected chi connectivity index (χ1v) is 8.30. The summed E-state index contributed by atoms with van der Waals surface area (Å²) >= 11 is 5.17. The number of nitrogen functional groups attached to an aromatic ring is 1. The molecule has 0 aliphatic heterocycles. The SMILES string of the molecule is NC(=O)OC(=O)c1c(I)c(N)c(I)c(C(=O)OC(N)=O)c1I. The average Bonchev–Trinajstić information content (AvgIpc) is 2.34. The number of ether oxygens (including phenoxy) is 2. The van der Waals surface area contributed by atoms with Gasteiger partial charge in [-0.25, -0.2) is 19.2 Å². The molecular formula is C10H6I3N3O6. The van der Waals surface area contributed by atoms with Crippen LogP contribution in [0.1, 0.15) is 20.7 Å². The van der Waals surface area contributed by atoms with Crippen LogP contribution in [0.4, 0.5) is 15.3 Å². The van der Waals surface area contributed by atoms with Crippen molar-refractivity contribution in [1.29, 1.82) is 0 Å². The molecule has 2 amide bonds. The molecule has 0 fully saturated rings. The van der Waals surface area contributed by atoms with Crippen LogP contribution in [0.3, 0.4) is 0 Å². The Morgan fingerprint density at radius 1 is 0.727 bits per heavy atom. The smallest absolute Gasteiger partial charge is 0.397 e. The molecule has 22 heavy (non-hydrogen) atoms. The molecule has 0 saturated heterocycles. The first kappa shape index (κ1) is 19.1. The fraction of sp³-hybridized carbons (Fsp3) is 0. The Labute approximate surface area is 164 Å². The van der Waals surface area contributed by atoms with Gasteiger partial charge in [-0.05, 0) is 67.8 Å². The van der Waals surface area contributed by atoms with Gasteiger partial charge in [0.1, 0.15) is 0 Å². The average molecular weight is 645 g/mol. The minimum Gasteiger partial charge on any atom is -0.397 e. The van der Waals surface area contributed by atoms with E-state index < -0.39 is 24.1 Å². The number of amides is 2. The molecule has 0 spiro atoms. The Hall–Kier alpha value is -0.910. The lowest BCUT2D eigenvalue weighted by atomic mass is 10.1. The number of hydrogen-bond acceptors (Lipinski definition) is 7. The van der Waals surface area contributed by atoms with Crippen LogP contribution in [0.25, 0.3) is 0 Å². The Morgan fingerprint density at radius 3 is 1.32 bits per heavy atom. The fourth-order valence-electron chi connectivity index (χ4n) is 1.33. The highest BCUT2D eigenvalue weighted by Crippen LogP contribution is 2.34. The van der Waals surface area contributed by atoms with E-state index in [0.717, 1.165) is 0 Å². The number of halogens is 3. The van der Waals surface area contributed by atoms with Crippen molar-refractivity contribution in [3.05, 3.63) is 21.8 Å². The van der Waals surface area contributed by atoms with Crippen molar-refractivity contribution >= 4 is 97.6 Å². The second kappa shape index (κ2) is 7.57. The number of rotatable bonds is 2. The van der Waals surface area contributed by atoms with E-state index in [4.69, 9.17) is 17.2 Å². The van der Waals surface area contributed by atoms with E-state index in [0.29, 0.717) is 0 Å². The predicted octanol–water partition coefficient (Wildman–Crippen LogP) is 1.55. The van der Waals surface area contributed by atoms with Gasteiger partial charge >= 0.3 is 24.1 Å². The fourth-order valence-corrected chi connectivity index (χ4v) is 5.37. The molecule has 6 N–H and O–H groups in total. The molecule has 0 radical (unpaired) electrons. The third-order valence-corrected chi connectivity index (χ3v) is 5.47. The summed E-state index contributed by atoms with van der Waals surface area (Å²) < 4.78 is 9.19. The topological polar surface area (TPSA) is 165 Å². The summed E-state index contributed by atoms with van der Waals surface area (Å²) in [5.74, 6) is -2.17. The number of anilines is 1. The lowest BCUT2D eigenvalue weighted by Gasteiger charge is -2.14. The van der Waals surface area contributed by atoms with Crippen molar-refractivity contribution in [1.82, 2.24) is 0 Å². The third kappa shape index (κ3) is 4.09. The molecule has 9 nitrogen and oxygen atoms in total. The van der Waals surface area contributed by atoms with Crippen LogP contribution in [-0.2, 0) is 9.47 Å². The van der Waals surface area contributed by atoms with Crippen LogP contribution in [0, 0.1) is 10.7 Å². The van der Waals surface area contributed by atoms with Crippen molar-refractivity contribution in [3.8, 4) is 0 Å². The molecule has 0 unspecified atom stereocenters. The number of esters is 2. The highest BCUT2D eigenvalue weighted by molar-refractivity contribution is 14.1. The molecule has 0 saturated carbocycles. The van der Waals surface area contributed by atoms with Gasteiger partial charge in [0.2, 0.25) is 0 Å². The Bertz CT molecular complexity index is 651. The molecule has 0 atom stereocenters. The Kier molecular flexibility index (Phi) is 6.59. The second-order valence-electron chi connectivity index (χ2n) is 3.52. The van der Waals surface area contributed by atoms with Gasteiger partial charge in [-0.3, -0.25) is 0 Å². The first-order chi connectivity index (χ1) is 10.1. The van der Waals surface area contributed by atoms with Gasteiger partial charge in [0.05, 0.1) is 24.0 Å². The maximum atomic E-state index is 11.9. The van der Waals surface area contributed by atoms with E-state index in [2.05, 4.69) is 9.47 Å². The highest BCUT2D eigenvalue weighted by Gasteiger charge is 2.29. The zero-order chi connectivity index (χ0) is 17.2. The van der Waals surface area contributed by atoms with Crippen molar-refractivity contribution in [2.75, 3.05) is 5.73 Å². The second-order valence-corrected chi connectivity index (χ2v) is 6.76. The summed E-state index contributed by atoms with van der Waals surface area (Å²) in [4.78, 5) is 45.3. The minimum absolute atomic E-state index is 0.0782. The predicted molar refractivity (Wildman–Crippen MR) is 99.0 cm³/mol. The number of primary amides is 2. The van der Waals surface area contributed by atoms with Crippen molar-refractivity contribution in [2.24, 2.45) is 11.5 Å². The van der Waals surface area contributed by atoms with Crippen LogP contribution in [-0.4, -0.2) is 24.1 Å². The van der Waals surface area contributed by atoms with Crippen molar-refractivity contribution in [3.63, 3.8) is 0 Å². The number of carbonyl (C=O) groups excluding carboxylic acids is 4. The van der Waals surface area contributed by atoms with E-state index in [-0.39, 0.29) is 27.5 Å². The van der Waals surface area contributed by atoms with Crippen LogP contribution in [0.15, 0.2) is 0 Å². The van der Waals surface area contributed by atoms with Crippen LogP contribution >= 0.6 is 67.8 Å². The Morgan fingerprint density at radius 2 is 1.05 bits per heavy atom. The lowest BCUT2D eigenvalue weighted by Crippen LogP contribution is -2.24. The van der Waals surface area contributed by atoms with E-state index in [1.54, 1.807) is 67.8 Å². The van der Waals surface area contributed by atoms with Crippen molar-refractivity contribution < 1.29 is 28.7 Å². The van der Waals surface area contributed by atoms with Gasteiger partial charge in [-0.2, -0.15) is 0 Å².